The van der Waals surface area contributed by atoms with Crippen molar-refractivity contribution in [2.24, 2.45) is 0 Å². The van der Waals surface area contributed by atoms with Gasteiger partial charge in [-0.05, 0) is 59.7 Å². The van der Waals surface area contributed by atoms with Gasteiger partial charge in [-0.3, -0.25) is 0 Å². The van der Waals surface area contributed by atoms with Crippen LogP contribution in [0.25, 0.3) is 11.6 Å². The first kappa shape index (κ1) is 19.5. The first-order chi connectivity index (χ1) is 13.6. The van der Waals surface area contributed by atoms with Gasteiger partial charge in [-0.15, -0.1) is 0 Å². The summed E-state index contributed by atoms with van der Waals surface area (Å²) < 4.78 is 5.94. The van der Waals surface area contributed by atoms with Gasteiger partial charge in [-0.25, -0.2) is 0 Å². The monoisotopic (exact) mass is 404 g/mol. The van der Waals surface area contributed by atoms with E-state index in [9.17, 15) is 5.26 Å². The molecule has 3 nitrogen and oxygen atoms in total. The summed E-state index contributed by atoms with van der Waals surface area (Å²) in [5.74, 6) is 0.603. The Morgan fingerprint density at radius 2 is 1.68 bits per heavy atom. The van der Waals surface area contributed by atoms with Crippen LogP contribution in [0.15, 0.2) is 66.7 Å². The molecular weight excluding hydrogens is 391 g/mol. The average molecular weight is 405 g/mol. The Balaban J connectivity index is 1.91. The number of nitriles is 2. The second kappa shape index (κ2) is 9.11. The van der Waals surface area contributed by atoms with Crippen molar-refractivity contribution in [1.82, 2.24) is 0 Å². The van der Waals surface area contributed by atoms with Gasteiger partial charge in [0.05, 0.1) is 23.3 Å². The van der Waals surface area contributed by atoms with Crippen molar-refractivity contribution in [1.29, 1.82) is 10.5 Å². The van der Waals surface area contributed by atoms with Crippen LogP contribution >= 0.6 is 23.2 Å². The predicted molar refractivity (Wildman–Crippen MR) is 112 cm³/mol. The Bertz CT molecular complexity index is 1110. The molecule has 0 radical (unpaired) electrons. The van der Waals surface area contributed by atoms with Gasteiger partial charge in [0.25, 0.3) is 0 Å². The highest BCUT2D eigenvalue weighted by molar-refractivity contribution is 6.31. The van der Waals surface area contributed by atoms with Crippen molar-refractivity contribution in [3.8, 4) is 17.9 Å². The van der Waals surface area contributed by atoms with E-state index >= 15 is 0 Å². The van der Waals surface area contributed by atoms with Gasteiger partial charge in [-0.2, -0.15) is 10.5 Å². The number of nitrogens with zero attached hydrogens (tertiary/aromatic N) is 2. The van der Waals surface area contributed by atoms with Gasteiger partial charge in [0.1, 0.15) is 12.4 Å². The first-order valence-electron chi connectivity index (χ1n) is 8.38. The van der Waals surface area contributed by atoms with E-state index in [1.807, 2.05) is 18.2 Å². The zero-order chi connectivity index (χ0) is 19.9. The van der Waals surface area contributed by atoms with Gasteiger partial charge >= 0.3 is 0 Å². The maximum atomic E-state index is 9.59. The van der Waals surface area contributed by atoms with Crippen LogP contribution in [-0.2, 0) is 6.61 Å². The van der Waals surface area contributed by atoms with E-state index < -0.39 is 0 Å². The third-order valence-corrected chi connectivity index (χ3v) is 4.47. The van der Waals surface area contributed by atoms with Gasteiger partial charge in [0, 0.05) is 15.6 Å². The van der Waals surface area contributed by atoms with Crippen molar-refractivity contribution < 1.29 is 4.74 Å². The van der Waals surface area contributed by atoms with Crippen LogP contribution in [0.4, 0.5) is 0 Å². The number of hydrogen-bond donors (Lipinski definition) is 0. The summed E-state index contributed by atoms with van der Waals surface area (Å²) in [4.78, 5) is 0. The minimum atomic E-state index is 0.335. The molecule has 3 rings (SSSR count). The molecule has 0 aromatic heterocycles. The fraction of sp³-hybridized carbons (Fsp3) is 0.0435. The van der Waals surface area contributed by atoms with Gasteiger partial charge < -0.3 is 4.74 Å². The van der Waals surface area contributed by atoms with E-state index in [0.29, 0.717) is 44.7 Å². The summed E-state index contributed by atoms with van der Waals surface area (Å²) in [6.07, 6.45) is 1.72. The molecule has 136 valence electrons. The van der Waals surface area contributed by atoms with Crippen molar-refractivity contribution in [3.05, 3.63) is 99.0 Å². The largest absolute Gasteiger partial charge is 0.488 e. The smallest absolute Gasteiger partial charge is 0.127 e. The maximum absolute atomic E-state index is 9.59. The molecule has 5 heteroatoms. The zero-order valence-corrected chi connectivity index (χ0v) is 16.2. The number of rotatable bonds is 5. The molecule has 0 bridgehead atoms. The molecular formula is C23H14Cl2N2O. The topological polar surface area (TPSA) is 56.8 Å². The second-order valence-corrected chi connectivity index (χ2v) is 6.83. The van der Waals surface area contributed by atoms with Crippen LogP contribution in [0.2, 0.25) is 10.0 Å². The van der Waals surface area contributed by atoms with Crippen LogP contribution in [0.3, 0.4) is 0 Å². The summed E-state index contributed by atoms with van der Waals surface area (Å²) >= 11 is 12.2. The zero-order valence-electron chi connectivity index (χ0n) is 14.7. The molecule has 0 aliphatic carbocycles. The fourth-order valence-corrected chi connectivity index (χ4v) is 3.00. The van der Waals surface area contributed by atoms with E-state index in [0.717, 1.165) is 5.56 Å². The fourth-order valence-electron chi connectivity index (χ4n) is 2.61. The lowest BCUT2D eigenvalue weighted by atomic mass is 10.0. The normalized spacial score (nSPS) is 10.8. The highest BCUT2D eigenvalue weighted by atomic mass is 35.5. The van der Waals surface area contributed by atoms with Crippen LogP contribution in [0.1, 0.15) is 22.3 Å². The summed E-state index contributed by atoms with van der Waals surface area (Å²) in [7, 11) is 0. The highest BCUT2D eigenvalue weighted by Gasteiger charge is 2.08. The lowest BCUT2D eigenvalue weighted by Gasteiger charge is -2.11. The van der Waals surface area contributed by atoms with Crippen LogP contribution in [0, 0.1) is 22.7 Å². The average Bonchev–Trinajstić information content (AvgIpc) is 2.71. The van der Waals surface area contributed by atoms with E-state index in [4.69, 9.17) is 33.2 Å². The first-order valence-corrected chi connectivity index (χ1v) is 9.14. The molecule has 0 unspecified atom stereocenters. The number of hydrogen-bond acceptors (Lipinski definition) is 3. The molecule has 28 heavy (non-hydrogen) atoms. The van der Waals surface area contributed by atoms with E-state index in [-0.39, 0.29) is 0 Å². The molecule has 0 atom stereocenters. The predicted octanol–water partition coefficient (Wildman–Crippen LogP) is 6.51. The third kappa shape index (κ3) is 4.93. The third-order valence-electron chi connectivity index (χ3n) is 4.00. The SMILES string of the molecule is N#C/C(=C/c1cc(Cl)ccc1OCc1cccc(Cl)c1)c1ccc(C#N)cc1. The number of allylic oxidation sites excluding steroid dienone is 1. The lowest BCUT2D eigenvalue weighted by Crippen LogP contribution is -1.97. The molecule has 0 amide bonds. The Morgan fingerprint density at radius 1 is 0.929 bits per heavy atom. The molecule has 0 saturated carbocycles. The van der Waals surface area contributed by atoms with Crippen LogP contribution in [0.5, 0.6) is 5.75 Å². The van der Waals surface area contributed by atoms with Crippen molar-refractivity contribution in [2.75, 3.05) is 0 Å². The van der Waals surface area contributed by atoms with E-state index in [2.05, 4.69) is 12.1 Å². The minimum Gasteiger partial charge on any atom is -0.488 e. The molecule has 3 aromatic rings. The Labute approximate surface area is 173 Å². The quantitative estimate of drug-likeness (QED) is 0.359. The number of ether oxygens (including phenoxy) is 1. The van der Waals surface area contributed by atoms with Crippen molar-refractivity contribution in [3.63, 3.8) is 0 Å². The molecule has 0 aliphatic rings. The van der Waals surface area contributed by atoms with Crippen molar-refractivity contribution in [2.45, 2.75) is 6.61 Å². The minimum absolute atomic E-state index is 0.335. The van der Waals surface area contributed by atoms with Gasteiger partial charge in [-0.1, -0.05) is 47.5 Å². The van der Waals surface area contributed by atoms with Gasteiger partial charge in [0.15, 0.2) is 0 Å². The van der Waals surface area contributed by atoms with Crippen LogP contribution < -0.4 is 4.74 Å². The molecule has 0 aliphatic heterocycles. The van der Waals surface area contributed by atoms with Crippen LogP contribution in [-0.4, -0.2) is 0 Å². The Kier molecular flexibility index (Phi) is 6.35. The lowest BCUT2D eigenvalue weighted by molar-refractivity contribution is 0.305. The molecule has 0 heterocycles. The van der Waals surface area contributed by atoms with E-state index in [1.165, 1.54) is 0 Å². The highest BCUT2D eigenvalue weighted by Crippen LogP contribution is 2.28. The molecule has 3 aromatic carbocycles. The summed E-state index contributed by atoms with van der Waals surface area (Å²) in [6, 6.07) is 23.8. The molecule has 0 spiro atoms. The van der Waals surface area contributed by atoms with Crippen molar-refractivity contribution >= 4 is 34.9 Å². The maximum Gasteiger partial charge on any atom is 0.127 e. The summed E-state index contributed by atoms with van der Waals surface area (Å²) in [5, 5.41) is 19.7. The van der Waals surface area contributed by atoms with Gasteiger partial charge in [0.2, 0.25) is 0 Å². The number of halogens is 2. The molecule has 0 fully saturated rings. The summed E-state index contributed by atoms with van der Waals surface area (Å²) in [5.41, 5.74) is 3.32. The standard InChI is InChI=1S/C23H14Cl2N2O/c24-21-3-1-2-17(10-21)15-28-23-9-8-22(25)12-19(23)11-20(14-27)18-6-4-16(13-26)5-7-18/h1-12H,15H2/b20-11-. The van der Waals surface area contributed by atoms with E-state index in [1.54, 1.807) is 54.6 Å². The second-order valence-electron chi connectivity index (χ2n) is 5.96. The Hall–Kier alpha value is -3.24. The summed E-state index contributed by atoms with van der Waals surface area (Å²) in [6.45, 7) is 0.335. The Morgan fingerprint density at radius 3 is 2.36 bits per heavy atom. The molecule has 0 saturated heterocycles. The number of benzene rings is 3. The molecule has 0 N–H and O–H groups in total.